The summed E-state index contributed by atoms with van der Waals surface area (Å²) in [5, 5.41) is 15.2. The van der Waals surface area contributed by atoms with Crippen LogP contribution >= 0.6 is 11.3 Å². The van der Waals surface area contributed by atoms with Gasteiger partial charge in [0, 0.05) is 37.5 Å². The molecule has 2 N–H and O–H groups in total. The van der Waals surface area contributed by atoms with Gasteiger partial charge in [-0.25, -0.2) is 0 Å². The lowest BCUT2D eigenvalue weighted by atomic mass is 10.1. The van der Waals surface area contributed by atoms with Crippen molar-refractivity contribution >= 4 is 17.2 Å². The number of carbonyl (C=O) groups excluding carboxylic acids is 1. The van der Waals surface area contributed by atoms with E-state index in [1.807, 2.05) is 17.5 Å². The number of rotatable bonds is 7. The summed E-state index contributed by atoms with van der Waals surface area (Å²) in [5.41, 5.74) is -0.907. The Hall–Kier alpha value is -0.950. The number of nitrogens with zero attached hydrogens (tertiary/aromatic N) is 1. The van der Waals surface area contributed by atoms with Crippen LogP contribution in [-0.4, -0.2) is 60.9 Å². The molecule has 6 heteroatoms. The summed E-state index contributed by atoms with van der Waals surface area (Å²) >= 11 is 1.66. The Kier molecular flexibility index (Phi) is 6.17. The molecule has 1 aliphatic rings. The molecule has 0 aliphatic carbocycles. The summed E-state index contributed by atoms with van der Waals surface area (Å²) in [5.74, 6) is -0.00866. The van der Waals surface area contributed by atoms with E-state index in [-0.39, 0.29) is 12.5 Å². The Labute approximate surface area is 129 Å². The van der Waals surface area contributed by atoms with E-state index in [0.29, 0.717) is 26.2 Å². The van der Waals surface area contributed by atoms with Gasteiger partial charge < -0.3 is 15.2 Å². The van der Waals surface area contributed by atoms with Crippen LogP contribution in [0, 0.1) is 0 Å². The van der Waals surface area contributed by atoms with Gasteiger partial charge in [0.05, 0.1) is 18.8 Å². The lowest BCUT2D eigenvalue weighted by Crippen LogP contribution is -2.51. The van der Waals surface area contributed by atoms with Crippen LogP contribution in [0.1, 0.15) is 18.2 Å². The first-order chi connectivity index (χ1) is 10.1. The van der Waals surface area contributed by atoms with E-state index in [2.05, 4.69) is 10.2 Å². The molecule has 2 heterocycles. The summed E-state index contributed by atoms with van der Waals surface area (Å²) < 4.78 is 5.29. The second-order valence-corrected chi connectivity index (χ2v) is 6.77. The van der Waals surface area contributed by atoms with Crippen molar-refractivity contribution in [2.75, 3.05) is 39.4 Å². The van der Waals surface area contributed by atoms with Gasteiger partial charge in [-0.1, -0.05) is 6.07 Å². The number of aryl methyl sites for hydroxylation is 1. The number of ether oxygens (including phenoxy) is 1. The van der Waals surface area contributed by atoms with Crippen LogP contribution in [0.3, 0.4) is 0 Å². The molecule has 0 spiro atoms. The molecular formula is C15H24N2O3S. The van der Waals surface area contributed by atoms with Gasteiger partial charge in [-0.2, -0.15) is 0 Å². The molecule has 2 rings (SSSR count). The minimum atomic E-state index is -0.907. The predicted octanol–water partition coefficient (Wildman–Crippen LogP) is 0.880. The second kappa shape index (κ2) is 7.89. The zero-order chi connectivity index (χ0) is 15.1. The predicted molar refractivity (Wildman–Crippen MR) is 83.5 cm³/mol. The van der Waals surface area contributed by atoms with Crippen LogP contribution in [0.5, 0.6) is 0 Å². The Balaban J connectivity index is 1.66. The molecule has 0 radical (unpaired) electrons. The fourth-order valence-corrected chi connectivity index (χ4v) is 3.07. The molecule has 1 atom stereocenters. The Morgan fingerprint density at radius 1 is 1.52 bits per heavy atom. The minimum absolute atomic E-state index is 0.00866. The minimum Gasteiger partial charge on any atom is -0.387 e. The lowest BCUT2D eigenvalue weighted by Gasteiger charge is -2.33. The molecule has 1 amide bonds. The molecular weight excluding hydrogens is 288 g/mol. The Morgan fingerprint density at radius 2 is 2.29 bits per heavy atom. The van der Waals surface area contributed by atoms with Gasteiger partial charge in [-0.3, -0.25) is 9.69 Å². The van der Waals surface area contributed by atoms with Crippen LogP contribution in [-0.2, 0) is 16.0 Å². The third-order valence-electron chi connectivity index (χ3n) is 3.51. The fourth-order valence-electron chi connectivity index (χ4n) is 2.37. The smallest absolute Gasteiger partial charge is 0.220 e. The highest BCUT2D eigenvalue weighted by molar-refractivity contribution is 7.09. The van der Waals surface area contributed by atoms with Crippen molar-refractivity contribution in [3.63, 3.8) is 0 Å². The number of thiophene rings is 1. The average molecular weight is 312 g/mol. The van der Waals surface area contributed by atoms with E-state index < -0.39 is 5.60 Å². The first-order valence-electron chi connectivity index (χ1n) is 7.37. The van der Waals surface area contributed by atoms with Gasteiger partial charge >= 0.3 is 0 Å². The number of nitrogens with one attached hydrogen (secondary N) is 1. The van der Waals surface area contributed by atoms with Crippen molar-refractivity contribution in [1.82, 2.24) is 10.2 Å². The fraction of sp³-hybridized carbons (Fsp3) is 0.667. The molecule has 0 saturated carbocycles. The van der Waals surface area contributed by atoms with Crippen molar-refractivity contribution < 1.29 is 14.6 Å². The zero-order valence-electron chi connectivity index (χ0n) is 12.5. The maximum Gasteiger partial charge on any atom is 0.220 e. The van der Waals surface area contributed by atoms with E-state index in [4.69, 9.17) is 4.74 Å². The third-order valence-corrected chi connectivity index (χ3v) is 4.45. The molecule has 1 saturated heterocycles. The standard InChI is InChI=1S/C15H24N2O3S/c1-15(19,12-17-6-8-20-9-7-17)11-16-14(18)5-4-13-3-2-10-21-13/h2-3,10,19H,4-9,11-12H2,1H3,(H,16,18). The van der Waals surface area contributed by atoms with E-state index >= 15 is 0 Å². The molecule has 118 valence electrons. The highest BCUT2D eigenvalue weighted by Crippen LogP contribution is 2.11. The first kappa shape index (κ1) is 16.4. The average Bonchev–Trinajstić information content (AvgIpc) is 2.97. The summed E-state index contributed by atoms with van der Waals surface area (Å²) in [6.07, 6.45) is 1.23. The van der Waals surface area contributed by atoms with Gasteiger partial charge in [-0.15, -0.1) is 11.3 Å². The molecule has 1 aliphatic heterocycles. The number of hydrogen-bond donors (Lipinski definition) is 2. The molecule has 1 aromatic rings. The van der Waals surface area contributed by atoms with Gasteiger partial charge in [0.25, 0.3) is 0 Å². The van der Waals surface area contributed by atoms with Crippen molar-refractivity contribution in [1.29, 1.82) is 0 Å². The molecule has 21 heavy (non-hydrogen) atoms. The van der Waals surface area contributed by atoms with Gasteiger partial charge in [0.2, 0.25) is 5.91 Å². The lowest BCUT2D eigenvalue weighted by molar-refractivity contribution is -0.122. The van der Waals surface area contributed by atoms with Gasteiger partial charge in [0.15, 0.2) is 0 Å². The number of hydrogen-bond acceptors (Lipinski definition) is 5. The number of β-amino-alcohol motifs (C(OH)–C–C–N with tert-alkyl or cyclic N) is 1. The number of amides is 1. The van der Waals surface area contributed by atoms with Crippen LogP contribution < -0.4 is 5.32 Å². The van der Waals surface area contributed by atoms with Crippen LogP contribution in [0.2, 0.25) is 0 Å². The van der Waals surface area contributed by atoms with E-state index in [1.54, 1.807) is 18.3 Å². The van der Waals surface area contributed by atoms with Crippen molar-refractivity contribution in [2.45, 2.75) is 25.4 Å². The largest absolute Gasteiger partial charge is 0.387 e. The summed E-state index contributed by atoms with van der Waals surface area (Å²) in [6.45, 7) is 5.70. The third kappa shape index (κ3) is 6.13. The summed E-state index contributed by atoms with van der Waals surface area (Å²) in [6, 6.07) is 4.03. The van der Waals surface area contributed by atoms with Gasteiger partial charge in [-0.05, 0) is 24.8 Å². The van der Waals surface area contributed by atoms with E-state index in [9.17, 15) is 9.90 Å². The quantitative estimate of drug-likeness (QED) is 0.785. The van der Waals surface area contributed by atoms with Crippen molar-refractivity contribution in [3.05, 3.63) is 22.4 Å². The zero-order valence-corrected chi connectivity index (χ0v) is 13.3. The second-order valence-electron chi connectivity index (χ2n) is 5.74. The SMILES string of the molecule is CC(O)(CNC(=O)CCc1cccs1)CN1CCOCC1. The normalized spacial score (nSPS) is 19.1. The highest BCUT2D eigenvalue weighted by Gasteiger charge is 2.25. The van der Waals surface area contributed by atoms with Gasteiger partial charge in [0.1, 0.15) is 0 Å². The van der Waals surface area contributed by atoms with Crippen molar-refractivity contribution in [3.8, 4) is 0 Å². The molecule has 1 aromatic heterocycles. The molecule has 0 aromatic carbocycles. The maximum atomic E-state index is 11.8. The number of aliphatic hydroxyl groups is 1. The number of carbonyl (C=O) groups is 1. The molecule has 5 nitrogen and oxygen atoms in total. The monoisotopic (exact) mass is 312 g/mol. The molecule has 1 unspecified atom stereocenters. The topological polar surface area (TPSA) is 61.8 Å². The first-order valence-corrected chi connectivity index (χ1v) is 8.25. The summed E-state index contributed by atoms with van der Waals surface area (Å²) in [7, 11) is 0. The Morgan fingerprint density at radius 3 is 2.95 bits per heavy atom. The van der Waals surface area contributed by atoms with Crippen LogP contribution in [0.25, 0.3) is 0 Å². The van der Waals surface area contributed by atoms with E-state index in [1.165, 1.54) is 4.88 Å². The highest BCUT2D eigenvalue weighted by atomic mass is 32.1. The summed E-state index contributed by atoms with van der Waals surface area (Å²) in [4.78, 5) is 15.2. The number of morpholine rings is 1. The maximum absolute atomic E-state index is 11.8. The molecule has 0 bridgehead atoms. The van der Waals surface area contributed by atoms with Crippen molar-refractivity contribution in [2.24, 2.45) is 0 Å². The molecule has 1 fully saturated rings. The van der Waals surface area contributed by atoms with Crippen LogP contribution in [0.15, 0.2) is 17.5 Å². The Bertz CT molecular complexity index is 428. The van der Waals surface area contributed by atoms with Crippen LogP contribution in [0.4, 0.5) is 0 Å². The van der Waals surface area contributed by atoms with E-state index in [0.717, 1.165) is 19.5 Å².